The Morgan fingerprint density at radius 1 is 1.24 bits per heavy atom. The van der Waals surface area contributed by atoms with Gasteiger partial charge in [0.25, 0.3) is 0 Å². The fourth-order valence-corrected chi connectivity index (χ4v) is 3.63. The van der Waals surface area contributed by atoms with E-state index < -0.39 is 0 Å². The lowest BCUT2D eigenvalue weighted by molar-refractivity contribution is 0.295. The van der Waals surface area contributed by atoms with Crippen LogP contribution in [0.5, 0.6) is 0 Å². The number of nitrogens with zero attached hydrogens (tertiary/aromatic N) is 2. The number of rotatable bonds is 3. The van der Waals surface area contributed by atoms with E-state index >= 15 is 0 Å². The normalized spacial score (nSPS) is 22.6. The Morgan fingerprint density at radius 2 is 1.95 bits per heavy atom. The van der Waals surface area contributed by atoms with Gasteiger partial charge in [-0.25, -0.2) is 4.98 Å². The molecule has 3 nitrogen and oxygen atoms in total. The summed E-state index contributed by atoms with van der Waals surface area (Å²) in [6.45, 7) is 12.3. The minimum atomic E-state index is 0.802. The summed E-state index contributed by atoms with van der Waals surface area (Å²) in [6, 6.07) is 0. The molecule has 0 aliphatic carbocycles. The molecule has 2 aliphatic rings. The highest BCUT2D eigenvalue weighted by atomic mass is 15.1. The van der Waals surface area contributed by atoms with Crippen molar-refractivity contribution in [1.29, 1.82) is 0 Å². The van der Waals surface area contributed by atoms with Crippen LogP contribution in [0.25, 0.3) is 0 Å². The second kappa shape index (κ2) is 7.98. The first-order valence-corrected chi connectivity index (χ1v) is 8.98. The van der Waals surface area contributed by atoms with Crippen molar-refractivity contribution in [2.24, 2.45) is 17.8 Å². The molecule has 1 N–H and O–H groups in total. The molecule has 1 aromatic rings. The van der Waals surface area contributed by atoms with E-state index in [0.29, 0.717) is 0 Å². The number of imidazole rings is 1. The molecule has 3 heteroatoms. The largest absolute Gasteiger partial charge is 0.332 e. The van der Waals surface area contributed by atoms with Crippen molar-refractivity contribution in [1.82, 2.24) is 14.9 Å². The summed E-state index contributed by atoms with van der Waals surface area (Å²) in [5.41, 5.74) is 1.48. The van der Waals surface area contributed by atoms with Crippen molar-refractivity contribution in [3.63, 3.8) is 0 Å². The maximum absolute atomic E-state index is 4.73. The molecule has 2 aliphatic heterocycles. The van der Waals surface area contributed by atoms with Gasteiger partial charge in [0.2, 0.25) is 0 Å². The third-order valence-electron chi connectivity index (χ3n) is 5.09. The molecule has 0 spiro atoms. The molecule has 1 unspecified atom stereocenters. The summed E-state index contributed by atoms with van der Waals surface area (Å²) in [4.78, 5) is 4.73. The molecule has 0 bridgehead atoms. The Morgan fingerprint density at radius 3 is 2.62 bits per heavy atom. The van der Waals surface area contributed by atoms with Crippen LogP contribution in [-0.4, -0.2) is 22.6 Å². The molecule has 0 aromatic carbocycles. The molecule has 1 atom stereocenters. The lowest BCUT2D eigenvalue weighted by atomic mass is 9.86. The predicted octanol–water partition coefficient (Wildman–Crippen LogP) is 3.67. The maximum atomic E-state index is 4.73. The van der Waals surface area contributed by atoms with Crippen LogP contribution in [-0.2, 0) is 19.4 Å². The molecule has 3 rings (SSSR count). The summed E-state index contributed by atoms with van der Waals surface area (Å²) in [6.07, 6.45) is 8.53. The number of fused-ring (bicyclic) bond motifs is 1. The third kappa shape index (κ3) is 4.09. The van der Waals surface area contributed by atoms with Gasteiger partial charge < -0.3 is 9.88 Å². The second-order valence-corrected chi connectivity index (χ2v) is 6.71. The van der Waals surface area contributed by atoms with Gasteiger partial charge in [0, 0.05) is 24.9 Å². The number of aromatic nitrogens is 2. The molecule has 1 saturated heterocycles. The Labute approximate surface area is 130 Å². The van der Waals surface area contributed by atoms with E-state index in [9.17, 15) is 0 Å². The van der Waals surface area contributed by atoms with E-state index in [0.717, 1.165) is 17.8 Å². The predicted molar refractivity (Wildman–Crippen MR) is 89.5 cm³/mol. The number of hydrogen-bond donors (Lipinski definition) is 1. The monoisotopic (exact) mass is 291 g/mol. The Balaban J connectivity index is 0.000000774. The topological polar surface area (TPSA) is 29.9 Å². The van der Waals surface area contributed by atoms with Crippen molar-refractivity contribution < 1.29 is 0 Å². The van der Waals surface area contributed by atoms with Crippen molar-refractivity contribution in [3.05, 3.63) is 17.7 Å². The van der Waals surface area contributed by atoms with Gasteiger partial charge in [0.1, 0.15) is 5.82 Å². The van der Waals surface area contributed by atoms with Gasteiger partial charge in [-0.1, -0.05) is 27.7 Å². The van der Waals surface area contributed by atoms with Crippen LogP contribution in [0.15, 0.2) is 6.20 Å². The highest BCUT2D eigenvalue weighted by molar-refractivity contribution is 5.10. The zero-order valence-electron chi connectivity index (χ0n) is 14.4. The van der Waals surface area contributed by atoms with Crippen LogP contribution < -0.4 is 5.32 Å². The summed E-state index contributed by atoms with van der Waals surface area (Å²) in [5, 5.41) is 3.45. The zero-order valence-corrected chi connectivity index (χ0v) is 14.4. The van der Waals surface area contributed by atoms with Gasteiger partial charge in [0.15, 0.2) is 0 Å². The first-order chi connectivity index (χ1) is 10.2. The fourth-order valence-electron chi connectivity index (χ4n) is 3.63. The number of piperidine rings is 1. The molecule has 1 aromatic heterocycles. The van der Waals surface area contributed by atoms with Crippen molar-refractivity contribution in [2.45, 2.75) is 66.3 Å². The average Bonchev–Trinajstić information content (AvgIpc) is 2.92. The Kier molecular flexibility index (Phi) is 6.28. The summed E-state index contributed by atoms with van der Waals surface area (Å²) >= 11 is 0. The van der Waals surface area contributed by atoms with Crippen LogP contribution in [0.3, 0.4) is 0 Å². The minimum Gasteiger partial charge on any atom is -0.332 e. The van der Waals surface area contributed by atoms with Crippen molar-refractivity contribution in [2.75, 3.05) is 13.1 Å². The molecule has 120 valence electrons. The Hall–Kier alpha value is -0.830. The van der Waals surface area contributed by atoms with E-state index in [-0.39, 0.29) is 0 Å². The van der Waals surface area contributed by atoms with Gasteiger partial charge >= 0.3 is 0 Å². The smallest absolute Gasteiger partial charge is 0.109 e. The van der Waals surface area contributed by atoms with Gasteiger partial charge in [-0.3, -0.25) is 0 Å². The highest BCUT2D eigenvalue weighted by Crippen LogP contribution is 2.28. The fraction of sp³-hybridized carbons (Fsp3) is 0.833. The summed E-state index contributed by atoms with van der Waals surface area (Å²) < 4.78 is 2.51. The molecular formula is C18H33N3. The van der Waals surface area contributed by atoms with Gasteiger partial charge in [-0.15, -0.1) is 0 Å². The highest BCUT2D eigenvalue weighted by Gasteiger charge is 2.24. The van der Waals surface area contributed by atoms with Crippen molar-refractivity contribution in [3.8, 4) is 0 Å². The van der Waals surface area contributed by atoms with Gasteiger partial charge in [-0.05, 0) is 56.5 Å². The summed E-state index contributed by atoms with van der Waals surface area (Å²) in [5.74, 6) is 3.85. The van der Waals surface area contributed by atoms with Gasteiger partial charge in [-0.2, -0.15) is 0 Å². The van der Waals surface area contributed by atoms with Crippen LogP contribution in [0, 0.1) is 17.8 Å². The lowest BCUT2D eigenvalue weighted by Gasteiger charge is -2.28. The van der Waals surface area contributed by atoms with Crippen LogP contribution in [0.4, 0.5) is 0 Å². The average molecular weight is 291 g/mol. The first kappa shape index (κ1) is 16.5. The third-order valence-corrected chi connectivity index (χ3v) is 5.09. The molecule has 1 fully saturated rings. The van der Waals surface area contributed by atoms with E-state index in [2.05, 4.69) is 29.9 Å². The van der Waals surface area contributed by atoms with E-state index in [1.807, 2.05) is 13.8 Å². The molecular weight excluding hydrogens is 258 g/mol. The van der Waals surface area contributed by atoms with Crippen LogP contribution in [0.2, 0.25) is 0 Å². The van der Waals surface area contributed by atoms with E-state index in [1.165, 1.54) is 63.3 Å². The lowest BCUT2D eigenvalue weighted by Crippen LogP contribution is -2.30. The summed E-state index contributed by atoms with van der Waals surface area (Å²) in [7, 11) is 0. The van der Waals surface area contributed by atoms with Crippen LogP contribution in [0.1, 0.15) is 58.5 Å². The van der Waals surface area contributed by atoms with Crippen LogP contribution >= 0.6 is 0 Å². The second-order valence-electron chi connectivity index (χ2n) is 6.71. The molecule has 21 heavy (non-hydrogen) atoms. The molecule has 3 heterocycles. The zero-order chi connectivity index (χ0) is 15.2. The van der Waals surface area contributed by atoms with Crippen molar-refractivity contribution >= 4 is 0 Å². The SMILES string of the molecule is CC.CC(C)C1CCn2c(cnc2CC2CCNCC2)C1. The van der Waals surface area contributed by atoms with E-state index in [1.54, 1.807) is 0 Å². The number of hydrogen-bond acceptors (Lipinski definition) is 2. The first-order valence-electron chi connectivity index (χ1n) is 8.98. The maximum Gasteiger partial charge on any atom is 0.109 e. The molecule has 0 amide bonds. The number of nitrogens with one attached hydrogen (secondary N) is 1. The molecule has 0 saturated carbocycles. The quantitative estimate of drug-likeness (QED) is 0.921. The molecule has 0 radical (unpaired) electrons. The van der Waals surface area contributed by atoms with Gasteiger partial charge in [0.05, 0.1) is 0 Å². The minimum absolute atomic E-state index is 0.802. The Bertz CT molecular complexity index is 416. The standard InChI is InChI=1S/C16H27N3.C2H6/c1-12(2)14-5-8-19-15(10-14)11-18-16(19)9-13-3-6-17-7-4-13;1-2/h11-14,17H,3-10H2,1-2H3;1-2H3. The van der Waals surface area contributed by atoms with E-state index in [4.69, 9.17) is 4.98 Å².